The lowest BCUT2D eigenvalue weighted by Crippen LogP contribution is -2.21. The molecule has 6 heteroatoms. The van der Waals surface area contributed by atoms with Gasteiger partial charge in [-0.1, -0.05) is 0 Å². The molecule has 0 unspecified atom stereocenters. The highest BCUT2D eigenvalue weighted by Gasteiger charge is 2.05. The highest BCUT2D eigenvalue weighted by molar-refractivity contribution is 9.10. The van der Waals surface area contributed by atoms with Crippen molar-refractivity contribution < 1.29 is 4.39 Å². The molecule has 1 aromatic carbocycles. The molecule has 14 heavy (non-hydrogen) atoms. The van der Waals surface area contributed by atoms with Crippen molar-refractivity contribution in [3.8, 4) is 0 Å². The second-order valence-electron chi connectivity index (χ2n) is 2.72. The van der Waals surface area contributed by atoms with Gasteiger partial charge < -0.3 is 4.98 Å². The Bertz CT molecular complexity index is 617. The van der Waals surface area contributed by atoms with Gasteiger partial charge in [-0.2, -0.15) is 0 Å². The first kappa shape index (κ1) is 9.14. The lowest BCUT2D eigenvalue weighted by molar-refractivity contribution is 0.622. The van der Waals surface area contributed by atoms with Crippen LogP contribution in [-0.2, 0) is 0 Å². The van der Waals surface area contributed by atoms with E-state index < -0.39 is 17.1 Å². The number of halogens is 2. The first-order valence-corrected chi connectivity index (χ1v) is 4.48. The Morgan fingerprint density at radius 1 is 1.21 bits per heavy atom. The van der Waals surface area contributed by atoms with Crippen molar-refractivity contribution in [1.82, 2.24) is 9.97 Å². The Kier molecular flexibility index (Phi) is 1.99. The zero-order chi connectivity index (χ0) is 10.3. The van der Waals surface area contributed by atoms with Crippen LogP contribution < -0.4 is 11.2 Å². The highest BCUT2D eigenvalue weighted by atomic mass is 79.9. The maximum absolute atomic E-state index is 13.0. The number of H-pyrrole nitrogens is 2. The Balaban J connectivity index is 3.03. The van der Waals surface area contributed by atoms with Crippen LogP contribution in [0, 0.1) is 5.82 Å². The molecule has 72 valence electrons. The van der Waals surface area contributed by atoms with Gasteiger partial charge in [0.1, 0.15) is 5.82 Å². The number of benzene rings is 1. The van der Waals surface area contributed by atoms with Crippen molar-refractivity contribution in [2.45, 2.75) is 0 Å². The summed E-state index contributed by atoms with van der Waals surface area (Å²) in [4.78, 5) is 26.5. The monoisotopic (exact) mass is 258 g/mol. The van der Waals surface area contributed by atoms with Crippen LogP contribution in [0.2, 0.25) is 0 Å². The van der Waals surface area contributed by atoms with Crippen LogP contribution in [0.3, 0.4) is 0 Å². The number of aromatic amines is 2. The van der Waals surface area contributed by atoms with Crippen molar-refractivity contribution in [3.05, 3.63) is 43.3 Å². The minimum absolute atomic E-state index is 0.116. The second kappa shape index (κ2) is 3.06. The molecule has 0 aliphatic heterocycles. The summed E-state index contributed by atoms with van der Waals surface area (Å²) >= 11 is 2.96. The molecule has 0 amide bonds. The summed E-state index contributed by atoms with van der Waals surface area (Å²) in [6, 6.07) is 2.41. The fourth-order valence-electron chi connectivity index (χ4n) is 1.16. The van der Waals surface area contributed by atoms with E-state index in [1.165, 1.54) is 6.07 Å². The van der Waals surface area contributed by atoms with Crippen LogP contribution in [0.1, 0.15) is 0 Å². The number of hydrogen-bond acceptors (Lipinski definition) is 2. The maximum Gasteiger partial charge on any atom is 0.326 e. The molecule has 1 heterocycles. The molecule has 0 radical (unpaired) electrons. The van der Waals surface area contributed by atoms with E-state index in [0.29, 0.717) is 5.52 Å². The zero-order valence-electron chi connectivity index (χ0n) is 6.73. The molecule has 0 saturated carbocycles. The van der Waals surface area contributed by atoms with Gasteiger partial charge in [-0.25, -0.2) is 9.18 Å². The molecule has 0 aliphatic carbocycles. The fraction of sp³-hybridized carbons (Fsp3) is 0. The molecule has 2 rings (SSSR count). The van der Waals surface area contributed by atoms with Crippen molar-refractivity contribution in [1.29, 1.82) is 0 Å². The van der Waals surface area contributed by atoms with Crippen LogP contribution in [0.5, 0.6) is 0 Å². The molecule has 1 aromatic heterocycles. The van der Waals surface area contributed by atoms with Gasteiger partial charge in [0.2, 0.25) is 0 Å². The quantitative estimate of drug-likeness (QED) is 0.744. The Labute approximate surface area is 84.9 Å². The summed E-state index contributed by atoms with van der Waals surface area (Å²) in [7, 11) is 0. The summed E-state index contributed by atoms with van der Waals surface area (Å²) in [6.45, 7) is 0. The molecule has 0 fully saturated rings. The third-order valence-corrected chi connectivity index (χ3v) is 2.39. The fourth-order valence-corrected chi connectivity index (χ4v) is 1.51. The Hall–Kier alpha value is -1.43. The maximum atomic E-state index is 13.0. The molecule has 0 spiro atoms. The van der Waals surface area contributed by atoms with E-state index in [2.05, 4.69) is 20.9 Å². The minimum Gasteiger partial charge on any atom is -0.307 e. The minimum atomic E-state index is -0.610. The molecule has 4 nitrogen and oxygen atoms in total. The van der Waals surface area contributed by atoms with E-state index in [-0.39, 0.29) is 9.86 Å². The van der Waals surface area contributed by atoms with Crippen molar-refractivity contribution in [3.63, 3.8) is 0 Å². The van der Waals surface area contributed by atoms with Gasteiger partial charge in [0.05, 0.1) is 15.4 Å². The molecule has 0 aliphatic rings. The summed E-state index contributed by atoms with van der Waals surface area (Å²) in [5.41, 5.74) is -0.914. The standard InChI is InChI=1S/C8H4BrFN2O2/c9-4-2-6-3(1-5(4)10)7(13)12-8(14)11-6/h1-2H,(H2,11,12,13,14). The molecule has 0 atom stereocenters. The summed E-state index contributed by atoms with van der Waals surface area (Å²) in [5, 5.41) is 0.116. The SMILES string of the molecule is O=c1[nH]c(=O)c2cc(F)c(Br)cc2[nH]1. The van der Waals surface area contributed by atoms with Crippen LogP contribution in [-0.4, -0.2) is 9.97 Å². The molecule has 0 saturated heterocycles. The average Bonchev–Trinajstić information content (AvgIpc) is 2.08. The van der Waals surface area contributed by atoms with Gasteiger partial charge >= 0.3 is 5.69 Å². The predicted octanol–water partition coefficient (Wildman–Crippen LogP) is 1.12. The highest BCUT2D eigenvalue weighted by Crippen LogP contribution is 2.18. The lowest BCUT2D eigenvalue weighted by Gasteiger charge is -1.98. The van der Waals surface area contributed by atoms with Crippen molar-refractivity contribution in [2.24, 2.45) is 0 Å². The topological polar surface area (TPSA) is 65.7 Å². The Morgan fingerprint density at radius 2 is 1.93 bits per heavy atom. The largest absolute Gasteiger partial charge is 0.326 e. The van der Waals surface area contributed by atoms with Crippen LogP contribution in [0.15, 0.2) is 26.2 Å². The number of hydrogen-bond donors (Lipinski definition) is 2. The van der Waals surface area contributed by atoms with Gasteiger partial charge in [-0.15, -0.1) is 0 Å². The van der Waals surface area contributed by atoms with E-state index in [1.807, 2.05) is 4.98 Å². The van der Waals surface area contributed by atoms with E-state index in [1.54, 1.807) is 0 Å². The molecular weight excluding hydrogens is 255 g/mol. The van der Waals surface area contributed by atoms with Crippen LogP contribution >= 0.6 is 15.9 Å². The van der Waals surface area contributed by atoms with Crippen LogP contribution in [0.4, 0.5) is 4.39 Å². The van der Waals surface area contributed by atoms with E-state index in [9.17, 15) is 14.0 Å². The molecular formula is C8H4BrFN2O2. The lowest BCUT2D eigenvalue weighted by atomic mass is 10.2. The normalized spacial score (nSPS) is 10.7. The predicted molar refractivity (Wildman–Crippen MR) is 52.8 cm³/mol. The van der Waals surface area contributed by atoms with E-state index >= 15 is 0 Å². The van der Waals surface area contributed by atoms with Gasteiger partial charge in [-0.05, 0) is 28.1 Å². The smallest absolute Gasteiger partial charge is 0.307 e. The number of aromatic nitrogens is 2. The Morgan fingerprint density at radius 3 is 2.64 bits per heavy atom. The van der Waals surface area contributed by atoms with Gasteiger partial charge in [-0.3, -0.25) is 9.78 Å². The van der Waals surface area contributed by atoms with Gasteiger partial charge in [0.25, 0.3) is 5.56 Å². The summed E-state index contributed by atoms with van der Waals surface area (Å²) in [5.74, 6) is -0.546. The molecule has 2 N–H and O–H groups in total. The number of rotatable bonds is 0. The summed E-state index contributed by atoms with van der Waals surface area (Å²) in [6.07, 6.45) is 0. The number of nitrogens with one attached hydrogen (secondary N) is 2. The average molecular weight is 259 g/mol. The molecule has 2 aromatic rings. The second-order valence-corrected chi connectivity index (χ2v) is 3.57. The third-order valence-electron chi connectivity index (χ3n) is 1.78. The first-order valence-electron chi connectivity index (χ1n) is 3.69. The number of fused-ring (bicyclic) bond motifs is 1. The van der Waals surface area contributed by atoms with Gasteiger partial charge in [0.15, 0.2) is 0 Å². The summed E-state index contributed by atoms with van der Waals surface area (Å²) < 4.78 is 13.2. The van der Waals surface area contributed by atoms with Crippen molar-refractivity contribution in [2.75, 3.05) is 0 Å². The first-order chi connectivity index (χ1) is 6.58. The van der Waals surface area contributed by atoms with Crippen LogP contribution in [0.25, 0.3) is 10.9 Å². The third kappa shape index (κ3) is 1.37. The van der Waals surface area contributed by atoms with Crippen molar-refractivity contribution >= 4 is 26.8 Å². The van der Waals surface area contributed by atoms with E-state index in [0.717, 1.165) is 6.07 Å². The van der Waals surface area contributed by atoms with E-state index in [4.69, 9.17) is 0 Å². The zero-order valence-corrected chi connectivity index (χ0v) is 8.31. The molecule has 0 bridgehead atoms. The van der Waals surface area contributed by atoms with Gasteiger partial charge in [0, 0.05) is 0 Å².